The van der Waals surface area contributed by atoms with Crippen LogP contribution in [0.3, 0.4) is 0 Å². The van der Waals surface area contributed by atoms with Crippen molar-refractivity contribution in [2.24, 2.45) is 0 Å². The third-order valence-corrected chi connectivity index (χ3v) is 9.99. The van der Waals surface area contributed by atoms with Crippen molar-refractivity contribution in [3.05, 3.63) is 95.7 Å². The zero-order chi connectivity index (χ0) is 23.9. The fraction of sp³-hybridized carbons (Fsp3) is 0.323. The molecular weight excluding hydrogens is 541 g/mol. The maximum Gasteiger partial charge on any atom is 0.0453 e. The van der Waals surface area contributed by atoms with Crippen molar-refractivity contribution in [2.75, 3.05) is 42.5 Å². The Morgan fingerprint density at radius 3 is 1.71 bits per heavy atom. The molecule has 182 valence electrons. The number of anilines is 2. The molecule has 0 unspecified atom stereocenters. The predicted octanol–water partition coefficient (Wildman–Crippen LogP) is 7.45. The molecule has 0 aliphatic carbocycles. The van der Waals surface area contributed by atoms with Gasteiger partial charge in [0.15, 0.2) is 0 Å². The molecule has 0 spiro atoms. The van der Waals surface area contributed by atoms with Crippen LogP contribution in [0.2, 0.25) is 0 Å². The van der Waals surface area contributed by atoms with Gasteiger partial charge in [0.2, 0.25) is 0 Å². The van der Waals surface area contributed by atoms with Gasteiger partial charge in [0.1, 0.15) is 0 Å². The van der Waals surface area contributed by atoms with Gasteiger partial charge in [-0.2, -0.15) is 0 Å². The molecule has 0 saturated carbocycles. The molecule has 0 bridgehead atoms. The molecule has 2 fully saturated rings. The van der Waals surface area contributed by atoms with Crippen molar-refractivity contribution in [3.63, 3.8) is 0 Å². The number of halogens is 1. The summed E-state index contributed by atoms with van der Waals surface area (Å²) in [6.07, 6.45) is 21.1. The average molecular weight is 578 g/mol. The normalized spacial score (nSPS) is 18.8. The third-order valence-electron chi connectivity index (χ3n) is 6.89. The molecule has 3 heterocycles. The second kappa shape index (κ2) is 11.9. The number of likely N-dealkylation sites (N-methyl/N-ethyl adjacent to an activating group) is 1. The van der Waals surface area contributed by atoms with Gasteiger partial charge in [-0.15, -0.1) is 0 Å². The number of nitrogens with zero attached hydrogens (tertiary/aromatic N) is 3. The van der Waals surface area contributed by atoms with E-state index in [1.54, 1.807) is 0 Å². The molecule has 2 saturated heterocycles. The number of hydrogen-bond acceptors (Lipinski definition) is 3. The summed E-state index contributed by atoms with van der Waals surface area (Å²) in [6.45, 7) is 8.07. The van der Waals surface area contributed by atoms with Crippen LogP contribution in [0.25, 0.3) is 12.2 Å². The molecule has 2 aromatic rings. The molecule has 0 atom stereocenters. The van der Waals surface area contributed by atoms with Crippen LogP contribution in [-0.4, -0.2) is 39.3 Å². The van der Waals surface area contributed by atoms with E-state index in [2.05, 4.69) is 111 Å². The Morgan fingerprint density at radius 1 is 0.686 bits per heavy atom. The van der Waals surface area contributed by atoms with E-state index in [1.807, 2.05) is 0 Å². The van der Waals surface area contributed by atoms with Gasteiger partial charge in [-0.25, -0.2) is 0 Å². The van der Waals surface area contributed by atoms with Crippen molar-refractivity contribution in [1.29, 1.82) is 0 Å². The first kappa shape index (κ1) is 24.1. The first-order valence-corrected chi connectivity index (χ1v) is 15.1. The highest BCUT2D eigenvalue weighted by molar-refractivity contribution is 14.2. The predicted molar refractivity (Wildman–Crippen MR) is 162 cm³/mol. The quantitative estimate of drug-likeness (QED) is 0.250. The van der Waals surface area contributed by atoms with E-state index in [1.165, 1.54) is 83.6 Å². The topological polar surface area (TPSA) is 9.72 Å². The molecule has 0 aromatic heterocycles. The van der Waals surface area contributed by atoms with Crippen molar-refractivity contribution < 1.29 is 0 Å². The molecule has 3 aliphatic heterocycles. The van der Waals surface area contributed by atoms with E-state index in [-0.39, 0.29) is 21.0 Å². The summed E-state index contributed by atoms with van der Waals surface area (Å²) in [6, 6.07) is 18.1. The highest BCUT2D eigenvalue weighted by Gasteiger charge is 2.12. The van der Waals surface area contributed by atoms with E-state index >= 15 is 0 Å². The Morgan fingerprint density at radius 2 is 1.20 bits per heavy atom. The molecule has 35 heavy (non-hydrogen) atoms. The van der Waals surface area contributed by atoms with Gasteiger partial charge in [0.05, 0.1) is 0 Å². The van der Waals surface area contributed by atoms with Gasteiger partial charge in [-0.3, -0.25) is 0 Å². The van der Waals surface area contributed by atoms with E-state index in [4.69, 9.17) is 0 Å². The molecule has 2 aromatic carbocycles. The smallest absolute Gasteiger partial charge is 0.0453 e. The summed E-state index contributed by atoms with van der Waals surface area (Å²) in [7, 11) is 0. The SMILES string of the molecule is CCN1I=C(/C=C/c2ccc(N3CCCC3)cc2)C=CC=C1/C=C/c1ccc(N2CCCC2)cc1. The first-order valence-electron chi connectivity index (χ1n) is 13.0. The summed E-state index contributed by atoms with van der Waals surface area (Å²) < 4.78 is 3.98. The number of rotatable bonds is 7. The van der Waals surface area contributed by atoms with E-state index in [0.29, 0.717) is 0 Å². The fourth-order valence-electron chi connectivity index (χ4n) is 4.88. The van der Waals surface area contributed by atoms with Gasteiger partial charge in [-0.1, -0.05) is 42.5 Å². The minimum absolute atomic E-state index is 0.250. The van der Waals surface area contributed by atoms with Crippen LogP contribution in [0.5, 0.6) is 0 Å². The number of benzene rings is 2. The van der Waals surface area contributed by atoms with Crippen LogP contribution in [0.15, 0.2) is 84.6 Å². The number of hydrogen-bond donors (Lipinski definition) is 0. The molecule has 0 amide bonds. The van der Waals surface area contributed by atoms with Crippen LogP contribution < -0.4 is 9.80 Å². The third kappa shape index (κ3) is 6.35. The zero-order valence-electron chi connectivity index (χ0n) is 20.7. The molecule has 4 heteroatoms. The Hall–Kier alpha value is -2.60. The highest BCUT2D eigenvalue weighted by Crippen LogP contribution is 2.26. The standard InChI is InChI=1S/C31H36IN3/c1-2-35-31(21-15-27-13-19-30(20-14-27)34-24-5-6-25-34)9-7-8-28(32-35)16-10-26-11-17-29(18-12-26)33-22-3-4-23-33/h7-21H,2-6,22-25H2,1H3/b16-10+,21-15+. The lowest BCUT2D eigenvalue weighted by Crippen LogP contribution is -2.17. The largest absolute Gasteiger partial charge is 0.372 e. The fourth-order valence-corrected chi connectivity index (χ4v) is 7.20. The van der Waals surface area contributed by atoms with Gasteiger partial charge in [0.25, 0.3) is 0 Å². The zero-order valence-corrected chi connectivity index (χ0v) is 22.9. The lowest BCUT2D eigenvalue weighted by Gasteiger charge is -2.18. The Kier molecular flexibility index (Phi) is 8.19. The van der Waals surface area contributed by atoms with Crippen molar-refractivity contribution in [1.82, 2.24) is 3.11 Å². The summed E-state index contributed by atoms with van der Waals surface area (Å²) in [5.74, 6) is 0. The average Bonchev–Trinajstić information content (AvgIpc) is 3.60. The molecule has 3 aliphatic rings. The lowest BCUT2D eigenvalue weighted by molar-refractivity contribution is 0.672. The molecule has 0 radical (unpaired) electrons. The second-order valence-electron chi connectivity index (χ2n) is 9.34. The molecular formula is C31H36IN3. The minimum atomic E-state index is -0.250. The van der Waals surface area contributed by atoms with E-state index in [9.17, 15) is 0 Å². The van der Waals surface area contributed by atoms with Crippen LogP contribution in [0.4, 0.5) is 11.4 Å². The van der Waals surface area contributed by atoms with Crippen LogP contribution >= 0.6 is 21.0 Å². The Labute approximate surface area is 221 Å². The summed E-state index contributed by atoms with van der Waals surface area (Å²) >= 11 is -0.250. The van der Waals surface area contributed by atoms with Gasteiger partial charge in [-0.05, 0) is 92.3 Å². The van der Waals surface area contributed by atoms with Gasteiger partial charge in [0, 0.05) is 74.3 Å². The summed E-state index contributed by atoms with van der Waals surface area (Å²) in [5.41, 5.74) is 6.55. The monoisotopic (exact) mass is 577 g/mol. The van der Waals surface area contributed by atoms with E-state index < -0.39 is 0 Å². The lowest BCUT2D eigenvalue weighted by atomic mass is 10.1. The van der Waals surface area contributed by atoms with Gasteiger partial charge >= 0.3 is 0 Å². The van der Waals surface area contributed by atoms with Crippen LogP contribution in [0.1, 0.15) is 43.7 Å². The first-order chi connectivity index (χ1) is 17.3. The molecule has 0 N–H and O–H groups in total. The van der Waals surface area contributed by atoms with Gasteiger partial charge < -0.3 is 12.9 Å². The molecule has 5 rings (SSSR count). The van der Waals surface area contributed by atoms with Crippen molar-refractivity contribution in [3.8, 4) is 0 Å². The van der Waals surface area contributed by atoms with Crippen molar-refractivity contribution in [2.45, 2.75) is 32.6 Å². The number of allylic oxidation sites excluding steroid dienone is 5. The molecule has 3 nitrogen and oxygen atoms in total. The Balaban J connectivity index is 1.23. The summed E-state index contributed by atoms with van der Waals surface area (Å²) in [4.78, 5) is 4.98. The van der Waals surface area contributed by atoms with E-state index in [0.717, 1.165) is 6.54 Å². The maximum absolute atomic E-state index is 2.55. The minimum Gasteiger partial charge on any atom is -0.372 e. The summed E-state index contributed by atoms with van der Waals surface area (Å²) in [5, 5.41) is 0. The van der Waals surface area contributed by atoms with Crippen molar-refractivity contribution >= 4 is 48.0 Å². The van der Waals surface area contributed by atoms with Crippen LogP contribution in [-0.2, 0) is 0 Å². The maximum atomic E-state index is 2.55. The highest BCUT2D eigenvalue weighted by atomic mass is 127. The van der Waals surface area contributed by atoms with Crippen LogP contribution in [0, 0.1) is 0 Å². The Bertz CT molecular complexity index is 1130. The second-order valence-corrected chi connectivity index (χ2v) is 12.2.